The second kappa shape index (κ2) is 7.13. The van der Waals surface area contributed by atoms with Crippen LogP contribution in [-0.4, -0.2) is 27.7 Å². The minimum Gasteiger partial charge on any atom is -0.497 e. The Bertz CT molecular complexity index is 1080. The van der Waals surface area contributed by atoms with Crippen molar-refractivity contribution in [3.05, 3.63) is 65.4 Å². The van der Waals surface area contributed by atoms with E-state index in [1.165, 1.54) is 4.90 Å². The third kappa shape index (κ3) is 2.99. The van der Waals surface area contributed by atoms with Gasteiger partial charge in [-0.1, -0.05) is 6.07 Å². The summed E-state index contributed by atoms with van der Waals surface area (Å²) in [6, 6.07) is 16.3. The predicted octanol–water partition coefficient (Wildman–Crippen LogP) is 5.56. The number of ether oxygens (including phenoxy) is 1. The number of halogens is 1. The lowest BCUT2D eigenvalue weighted by Gasteiger charge is -2.08. The molecule has 2 aromatic carbocycles. The fourth-order valence-electron chi connectivity index (χ4n) is 2.93. The zero-order valence-corrected chi connectivity index (χ0v) is 16.7. The molecule has 0 radical (unpaired) electrons. The van der Waals surface area contributed by atoms with E-state index >= 15 is 0 Å². The van der Waals surface area contributed by atoms with Gasteiger partial charge in [0.15, 0.2) is 0 Å². The summed E-state index contributed by atoms with van der Waals surface area (Å²) in [5.74, 6) is 1.51. The Morgan fingerprint density at radius 2 is 1.85 bits per heavy atom. The maximum Gasteiger partial charge on any atom is 0.234 e. The molecule has 0 amide bonds. The summed E-state index contributed by atoms with van der Waals surface area (Å²) < 4.78 is 8.37. The summed E-state index contributed by atoms with van der Waals surface area (Å²) in [5.41, 5.74) is 4.03. The molecular formula is C20H16BrN3OS. The van der Waals surface area contributed by atoms with E-state index in [0.717, 1.165) is 32.7 Å². The van der Waals surface area contributed by atoms with Crippen LogP contribution in [0.15, 0.2) is 70.3 Å². The summed E-state index contributed by atoms with van der Waals surface area (Å²) in [4.78, 5) is 10.4. The van der Waals surface area contributed by atoms with Crippen LogP contribution in [-0.2, 0) is 0 Å². The van der Waals surface area contributed by atoms with Gasteiger partial charge in [-0.25, -0.2) is 9.97 Å². The third-order valence-electron chi connectivity index (χ3n) is 4.19. The van der Waals surface area contributed by atoms with Crippen LogP contribution >= 0.6 is 27.7 Å². The molecule has 0 aliphatic heterocycles. The van der Waals surface area contributed by atoms with Crippen LogP contribution in [0.2, 0.25) is 0 Å². The number of imidazole rings is 1. The molecule has 0 spiro atoms. The van der Waals surface area contributed by atoms with E-state index in [-0.39, 0.29) is 0 Å². The number of fused-ring (bicyclic) bond motifs is 1. The summed E-state index contributed by atoms with van der Waals surface area (Å²) >= 11 is 5.37. The number of methoxy groups -OCH3 is 1. The Morgan fingerprint density at radius 3 is 2.54 bits per heavy atom. The molecule has 0 fully saturated rings. The number of rotatable bonds is 4. The topological polar surface area (TPSA) is 39.4 Å². The number of hydrogen-bond donors (Lipinski definition) is 0. The zero-order chi connectivity index (χ0) is 18.1. The van der Waals surface area contributed by atoms with Crippen molar-refractivity contribution in [1.29, 1.82) is 0 Å². The maximum absolute atomic E-state index is 5.29. The zero-order valence-electron chi connectivity index (χ0n) is 14.3. The lowest BCUT2D eigenvalue weighted by atomic mass is 10.0. The Balaban J connectivity index is 1.95. The van der Waals surface area contributed by atoms with Gasteiger partial charge < -0.3 is 4.74 Å². The number of thioether (sulfide) groups is 1. The highest BCUT2D eigenvalue weighted by Crippen LogP contribution is 2.36. The minimum absolute atomic E-state index is 0.679. The molecule has 0 aliphatic rings. The summed E-state index contributed by atoms with van der Waals surface area (Å²) in [6.45, 7) is 0. The molecule has 2 heterocycles. The Morgan fingerprint density at radius 1 is 1.08 bits per heavy atom. The fourth-order valence-corrected chi connectivity index (χ4v) is 4.25. The molecule has 0 aliphatic carbocycles. The van der Waals surface area contributed by atoms with Gasteiger partial charge in [-0.15, -0.1) is 11.8 Å². The standard InChI is InChI=1S/C20H16BrN3OS/c1-25-15-7-4-13(5-8-15)19-18(23-20-22-10-3-11-24(19)20)14-6-9-17(26-2)16(21)12-14/h3-12H,1-2H3. The molecule has 4 aromatic rings. The van der Waals surface area contributed by atoms with Gasteiger partial charge in [0.25, 0.3) is 0 Å². The van der Waals surface area contributed by atoms with E-state index in [4.69, 9.17) is 9.72 Å². The summed E-state index contributed by atoms with van der Waals surface area (Å²) in [5, 5.41) is 0. The molecule has 0 unspecified atom stereocenters. The van der Waals surface area contributed by atoms with Crippen LogP contribution in [0.25, 0.3) is 28.3 Å². The van der Waals surface area contributed by atoms with Gasteiger partial charge in [-0.2, -0.15) is 0 Å². The van der Waals surface area contributed by atoms with Crippen LogP contribution in [0.4, 0.5) is 0 Å². The second-order valence-electron chi connectivity index (χ2n) is 5.68. The van der Waals surface area contributed by atoms with E-state index in [1.54, 1.807) is 25.1 Å². The first-order chi connectivity index (χ1) is 12.7. The molecule has 6 heteroatoms. The van der Waals surface area contributed by atoms with Crippen molar-refractivity contribution in [1.82, 2.24) is 14.4 Å². The molecular weight excluding hydrogens is 410 g/mol. The van der Waals surface area contributed by atoms with Crippen molar-refractivity contribution in [3.63, 3.8) is 0 Å². The third-order valence-corrected chi connectivity index (χ3v) is 5.91. The van der Waals surface area contributed by atoms with E-state index in [0.29, 0.717) is 5.78 Å². The average Bonchev–Trinajstić information content (AvgIpc) is 3.07. The molecule has 2 aromatic heterocycles. The number of benzene rings is 2. The lowest BCUT2D eigenvalue weighted by Crippen LogP contribution is -1.91. The maximum atomic E-state index is 5.29. The molecule has 4 rings (SSSR count). The predicted molar refractivity (Wildman–Crippen MR) is 110 cm³/mol. The van der Waals surface area contributed by atoms with E-state index in [9.17, 15) is 0 Å². The molecule has 0 saturated heterocycles. The lowest BCUT2D eigenvalue weighted by molar-refractivity contribution is 0.415. The molecule has 0 saturated carbocycles. The Labute approximate surface area is 164 Å². The van der Waals surface area contributed by atoms with E-state index < -0.39 is 0 Å². The van der Waals surface area contributed by atoms with Gasteiger partial charge in [-0.05, 0) is 64.7 Å². The summed E-state index contributed by atoms with van der Waals surface area (Å²) in [7, 11) is 1.67. The molecule has 0 N–H and O–H groups in total. The first-order valence-electron chi connectivity index (χ1n) is 8.02. The molecule has 0 atom stereocenters. The van der Waals surface area contributed by atoms with Gasteiger partial charge in [0, 0.05) is 32.9 Å². The number of nitrogens with zero attached hydrogens (tertiary/aromatic N) is 3. The van der Waals surface area contributed by atoms with E-state index in [2.05, 4.69) is 45.4 Å². The van der Waals surface area contributed by atoms with Crippen molar-refractivity contribution < 1.29 is 4.74 Å². The van der Waals surface area contributed by atoms with Crippen molar-refractivity contribution >= 4 is 33.5 Å². The van der Waals surface area contributed by atoms with Gasteiger partial charge in [0.2, 0.25) is 5.78 Å². The monoisotopic (exact) mass is 425 g/mol. The highest BCUT2D eigenvalue weighted by molar-refractivity contribution is 9.10. The van der Waals surface area contributed by atoms with Crippen molar-refractivity contribution in [3.8, 4) is 28.3 Å². The first kappa shape index (κ1) is 17.1. The SMILES string of the molecule is COc1ccc(-c2c(-c3ccc(SC)c(Br)c3)nc3ncccn23)cc1. The van der Waals surface area contributed by atoms with Crippen LogP contribution in [0.1, 0.15) is 0 Å². The van der Waals surface area contributed by atoms with Crippen LogP contribution < -0.4 is 4.74 Å². The second-order valence-corrected chi connectivity index (χ2v) is 7.38. The molecule has 130 valence electrons. The normalized spacial score (nSPS) is 11.0. The number of hydrogen-bond acceptors (Lipinski definition) is 4. The highest BCUT2D eigenvalue weighted by Gasteiger charge is 2.17. The van der Waals surface area contributed by atoms with Gasteiger partial charge >= 0.3 is 0 Å². The quantitative estimate of drug-likeness (QED) is 0.401. The molecule has 4 nitrogen and oxygen atoms in total. The smallest absolute Gasteiger partial charge is 0.234 e. The largest absolute Gasteiger partial charge is 0.497 e. The first-order valence-corrected chi connectivity index (χ1v) is 10.0. The molecule has 26 heavy (non-hydrogen) atoms. The average molecular weight is 426 g/mol. The van der Waals surface area contributed by atoms with Gasteiger partial charge in [-0.3, -0.25) is 4.40 Å². The minimum atomic E-state index is 0.679. The summed E-state index contributed by atoms with van der Waals surface area (Å²) in [6.07, 6.45) is 5.82. The Kier molecular flexibility index (Phi) is 4.70. The van der Waals surface area contributed by atoms with Crippen LogP contribution in [0.3, 0.4) is 0 Å². The van der Waals surface area contributed by atoms with Crippen molar-refractivity contribution in [2.75, 3.05) is 13.4 Å². The van der Waals surface area contributed by atoms with E-state index in [1.807, 2.05) is 40.9 Å². The van der Waals surface area contributed by atoms with Crippen LogP contribution in [0.5, 0.6) is 5.75 Å². The highest BCUT2D eigenvalue weighted by atomic mass is 79.9. The Hall–Kier alpha value is -2.31. The number of aromatic nitrogens is 3. The van der Waals surface area contributed by atoms with Crippen molar-refractivity contribution in [2.45, 2.75) is 4.90 Å². The van der Waals surface area contributed by atoms with Crippen LogP contribution in [0, 0.1) is 0 Å². The van der Waals surface area contributed by atoms with Gasteiger partial charge in [0.1, 0.15) is 5.75 Å². The fraction of sp³-hybridized carbons (Fsp3) is 0.100. The molecule has 0 bridgehead atoms. The van der Waals surface area contributed by atoms with Gasteiger partial charge in [0.05, 0.1) is 18.5 Å². The van der Waals surface area contributed by atoms with Crippen molar-refractivity contribution in [2.24, 2.45) is 0 Å².